The Morgan fingerprint density at radius 3 is 3.00 bits per heavy atom. The van der Waals surface area contributed by atoms with Crippen molar-refractivity contribution in [1.29, 1.82) is 0 Å². The maximum absolute atomic E-state index is 10.0. The minimum atomic E-state index is 0.413. The van der Waals surface area contributed by atoms with Gasteiger partial charge in [0.25, 0.3) is 0 Å². The van der Waals surface area contributed by atoms with Crippen molar-refractivity contribution in [2.45, 2.75) is 0 Å². The molecule has 4 heteroatoms. The SMILES string of the molecule is Nc1ncc(Br)cc1C=CC=O. The Morgan fingerprint density at radius 1 is 1.58 bits per heavy atom. The quantitative estimate of drug-likeness (QED) is 0.617. The number of pyridine rings is 1. The lowest BCUT2D eigenvalue weighted by Crippen LogP contribution is -1.92. The monoisotopic (exact) mass is 226 g/mol. The second-order valence-corrected chi connectivity index (χ2v) is 3.04. The molecule has 0 amide bonds. The number of allylic oxidation sites excluding steroid dienone is 1. The average molecular weight is 227 g/mol. The molecular weight excluding hydrogens is 220 g/mol. The lowest BCUT2D eigenvalue weighted by Gasteiger charge is -1.98. The highest BCUT2D eigenvalue weighted by Crippen LogP contribution is 2.16. The first-order chi connectivity index (χ1) is 5.74. The fourth-order valence-electron chi connectivity index (χ4n) is 0.742. The summed E-state index contributed by atoms with van der Waals surface area (Å²) in [6.45, 7) is 0. The zero-order valence-corrected chi connectivity index (χ0v) is 7.78. The van der Waals surface area contributed by atoms with Crippen molar-refractivity contribution in [3.8, 4) is 0 Å². The highest BCUT2D eigenvalue weighted by molar-refractivity contribution is 9.10. The normalized spacial score (nSPS) is 10.4. The highest BCUT2D eigenvalue weighted by atomic mass is 79.9. The van der Waals surface area contributed by atoms with Crippen molar-refractivity contribution < 1.29 is 4.79 Å². The molecule has 0 aliphatic heterocycles. The van der Waals surface area contributed by atoms with Crippen molar-refractivity contribution in [3.05, 3.63) is 28.4 Å². The molecule has 0 bridgehead atoms. The van der Waals surface area contributed by atoms with Crippen molar-refractivity contribution >= 4 is 34.1 Å². The van der Waals surface area contributed by atoms with Gasteiger partial charge in [0.15, 0.2) is 0 Å². The minimum Gasteiger partial charge on any atom is -0.383 e. The van der Waals surface area contributed by atoms with Gasteiger partial charge in [0, 0.05) is 16.2 Å². The van der Waals surface area contributed by atoms with Crippen molar-refractivity contribution in [2.75, 3.05) is 5.73 Å². The molecule has 2 N–H and O–H groups in total. The summed E-state index contributed by atoms with van der Waals surface area (Å²) in [6.07, 6.45) is 5.29. The number of nitrogens with zero attached hydrogens (tertiary/aromatic N) is 1. The Morgan fingerprint density at radius 2 is 2.33 bits per heavy atom. The van der Waals surface area contributed by atoms with Gasteiger partial charge in [-0.15, -0.1) is 0 Å². The van der Waals surface area contributed by atoms with Crippen LogP contribution in [-0.2, 0) is 4.79 Å². The van der Waals surface area contributed by atoms with Gasteiger partial charge in [0.1, 0.15) is 12.1 Å². The summed E-state index contributed by atoms with van der Waals surface area (Å²) in [4.78, 5) is 13.9. The second-order valence-electron chi connectivity index (χ2n) is 2.12. The molecule has 0 unspecified atom stereocenters. The number of rotatable bonds is 2. The molecule has 0 fully saturated rings. The topological polar surface area (TPSA) is 56.0 Å². The number of carbonyl (C=O) groups excluding carboxylic acids is 1. The third kappa shape index (κ3) is 2.17. The van der Waals surface area contributed by atoms with Gasteiger partial charge in [-0.3, -0.25) is 4.79 Å². The van der Waals surface area contributed by atoms with Crippen LogP contribution < -0.4 is 5.73 Å². The van der Waals surface area contributed by atoms with Crippen LogP contribution in [0, 0.1) is 0 Å². The number of carbonyl (C=O) groups is 1. The largest absolute Gasteiger partial charge is 0.383 e. The van der Waals surface area contributed by atoms with E-state index in [1.54, 1.807) is 18.3 Å². The summed E-state index contributed by atoms with van der Waals surface area (Å²) in [5, 5.41) is 0. The van der Waals surface area contributed by atoms with E-state index in [1.807, 2.05) is 0 Å². The van der Waals surface area contributed by atoms with Crippen LogP contribution in [0.25, 0.3) is 6.08 Å². The third-order valence-electron chi connectivity index (χ3n) is 1.27. The molecule has 0 spiro atoms. The molecule has 0 radical (unpaired) electrons. The van der Waals surface area contributed by atoms with Crippen LogP contribution in [0.4, 0.5) is 5.82 Å². The van der Waals surface area contributed by atoms with Gasteiger partial charge in [-0.05, 0) is 34.1 Å². The van der Waals surface area contributed by atoms with Gasteiger partial charge in [-0.25, -0.2) is 4.98 Å². The fraction of sp³-hybridized carbons (Fsp3) is 0. The van der Waals surface area contributed by atoms with Crippen LogP contribution >= 0.6 is 15.9 Å². The number of hydrogen-bond acceptors (Lipinski definition) is 3. The van der Waals surface area contributed by atoms with Crippen LogP contribution in [0.5, 0.6) is 0 Å². The van der Waals surface area contributed by atoms with E-state index in [-0.39, 0.29) is 0 Å². The molecule has 0 saturated carbocycles. The first-order valence-electron chi connectivity index (χ1n) is 3.27. The molecule has 1 heterocycles. The van der Waals surface area contributed by atoms with Crippen LogP contribution in [-0.4, -0.2) is 11.3 Å². The minimum absolute atomic E-state index is 0.413. The lowest BCUT2D eigenvalue weighted by molar-refractivity contribution is -0.104. The van der Waals surface area contributed by atoms with E-state index >= 15 is 0 Å². The van der Waals surface area contributed by atoms with Crippen LogP contribution in [0.3, 0.4) is 0 Å². The zero-order valence-electron chi connectivity index (χ0n) is 6.20. The number of anilines is 1. The van der Waals surface area contributed by atoms with E-state index in [9.17, 15) is 4.79 Å². The molecule has 0 saturated heterocycles. The number of hydrogen-bond donors (Lipinski definition) is 1. The summed E-state index contributed by atoms with van der Waals surface area (Å²) in [6, 6.07) is 1.79. The molecule has 0 aromatic carbocycles. The molecule has 1 aromatic heterocycles. The van der Waals surface area contributed by atoms with Crippen molar-refractivity contribution in [1.82, 2.24) is 4.98 Å². The maximum Gasteiger partial charge on any atom is 0.142 e. The number of halogens is 1. The van der Waals surface area contributed by atoms with Crippen LogP contribution in [0.15, 0.2) is 22.8 Å². The third-order valence-corrected chi connectivity index (χ3v) is 1.70. The number of aldehydes is 1. The van der Waals surface area contributed by atoms with E-state index in [1.165, 1.54) is 6.08 Å². The smallest absolute Gasteiger partial charge is 0.142 e. The van der Waals surface area contributed by atoms with Crippen molar-refractivity contribution in [3.63, 3.8) is 0 Å². The van der Waals surface area contributed by atoms with E-state index in [2.05, 4.69) is 20.9 Å². The maximum atomic E-state index is 10.0. The summed E-state index contributed by atoms with van der Waals surface area (Å²) >= 11 is 3.25. The van der Waals surface area contributed by atoms with E-state index in [0.29, 0.717) is 12.1 Å². The number of nitrogens with two attached hydrogens (primary N) is 1. The molecule has 0 aliphatic carbocycles. The van der Waals surface area contributed by atoms with E-state index in [0.717, 1.165) is 10.0 Å². The Bertz CT molecular complexity index is 323. The molecule has 3 nitrogen and oxygen atoms in total. The van der Waals surface area contributed by atoms with Gasteiger partial charge in [0.05, 0.1) is 0 Å². The number of nitrogen functional groups attached to an aromatic ring is 1. The second kappa shape index (κ2) is 4.01. The molecule has 12 heavy (non-hydrogen) atoms. The van der Waals surface area contributed by atoms with Gasteiger partial charge in [0.2, 0.25) is 0 Å². The van der Waals surface area contributed by atoms with E-state index < -0.39 is 0 Å². The zero-order chi connectivity index (χ0) is 8.97. The van der Waals surface area contributed by atoms with Gasteiger partial charge >= 0.3 is 0 Å². The summed E-state index contributed by atoms with van der Waals surface area (Å²) in [7, 11) is 0. The Hall–Kier alpha value is -1.16. The van der Waals surface area contributed by atoms with Gasteiger partial charge < -0.3 is 5.73 Å². The molecule has 1 aromatic rings. The van der Waals surface area contributed by atoms with Crippen molar-refractivity contribution in [2.24, 2.45) is 0 Å². The van der Waals surface area contributed by atoms with Gasteiger partial charge in [-0.1, -0.05) is 0 Å². The molecule has 1 rings (SSSR count). The fourth-order valence-corrected chi connectivity index (χ4v) is 1.09. The highest BCUT2D eigenvalue weighted by Gasteiger charge is 1.96. The Kier molecular flexibility index (Phi) is 2.99. The molecular formula is C8H7BrN2O. The number of aromatic nitrogens is 1. The molecule has 62 valence electrons. The van der Waals surface area contributed by atoms with E-state index in [4.69, 9.17) is 5.73 Å². The molecule has 0 atom stereocenters. The van der Waals surface area contributed by atoms with Crippen LogP contribution in [0.2, 0.25) is 0 Å². The lowest BCUT2D eigenvalue weighted by atomic mass is 10.2. The summed E-state index contributed by atoms with van der Waals surface area (Å²) in [5.41, 5.74) is 6.26. The predicted octanol–water partition coefficient (Wildman–Crippen LogP) is 1.64. The predicted molar refractivity (Wildman–Crippen MR) is 51.4 cm³/mol. The van der Waals surface area contributed by atoms with Gasteiger partial charge in [-0.2, -0.15) is 0 Å². The first-order valence-corrected chi connectivity index (χ1v) is 4.06. The van der Waals surface area contributed by atoms with Crippen LogP contribution in [0.1, 0.15) is 5.56 Å². The molecule has 0 aliphatic rings. The summed E-state index contributed by atoms with van der Waals surface area (Å²) < 4.78 is 0.835. The Labute approximate surface area is 78.4 Å². The standard InChI is InChI=1S/C8H7BrN2O/c9-7-4-6(2-1-3-12)8(10)11-5-7/h1-5H,(H2,10,11). The first kappa shape index (κ1) is 8.93. The average Bonchev–Trinajstić information content (AvgIpc) is 2.07. The summed E-state index contributed by atoms with van der Waals surface area (Å²) in [5.74, 6) is 0.413. The Balaban J connectivity index is 3.04.